The zero-order valence-corrected chi connectivity index (χ0v) is 22.2. The fraction of sp³-hybridized carbons (Fsp3) is 0.444. The Kier molecular flexibility index (Phi) is 9.09. The lowest BCUT2D eigenvalue weighted by atomic mass is 9.97. The van der Waals surface area contributed by atoms with Gasteiger partial charge in [-0.05, 0) is 39.0 Å². The van der Waals surface area contributed by atoms with Crippen molar-refractivity contribution in [1.29, 1.82) is 0 Å². The van der Waals surface area contributed by atoms with Crippen LogP contribution in [0, 0.1) is 5.82 Å². The largest absolute Gasteiger partial charge is 0.497 e. The lowest BCUT2D eigenvalue weighted by molar-refractivity contribution is -0.133. The van der Waals surface area contributed by atoms with Gasteiger partial charge >= 0.3 is 6.03 Å². The predicted molar refractivity (Wildman–Crippen MR) is 138 cm³/mol. The van der Waals surface area contributed by atoms with Crippen molar-refractivity contribution < 1.29 is 28.2 Å². The molecule has 1 atom stereocenters. The normalized spacial score (nSPS) is 15.3. The van der Waals surface area contributed by atoms with Crippen LogP contribution in [-0.4, -0.2) is 74.1 Å². The summed E-state index contributed by atoms with van der Waals surface area (Å²) in [4.78, 5) is 27.9. The molecule has 200 valence electrons. The van der Waals surface area contributed by atoms with Gasteiger partial charge in [-0.3, -0.25) is 4.79 Å². The molecule has 0 saturated heterocycles. The summed E-state index contributed by atoms with van der Waals surface area (Å²) >= 11 is 0. The Balaban J connectivity index is 1.97. The minimum atomic E-state index is -0.689. The second-order valence-electron chi connectivity index (χ2n) is 9.69. The molecule has 1 unspecified atom stereocenters. The second kappa shape index (κ2) is 12.1. The van der Waals surface area contributed by atoms with Crippen molar-refractivity contribution in [3.8, 4) is 11.5 Å². The molecule has 9 nitrogen and oxygen atoms in total. The van der Waals surface area contributed by atoms with E-state index in [0.29, 0.717) is 28.3 Å². The van der Waals surface area contributed by atoms with Crippen LogP contribution in [-0.2, 0) is 9.53 Å². The highest BCUT2D eigenvalue weighted by atomic mass is 19.1. The number of hydrazone groups is 1. The van der Waals surface area contributed by atoms with Crippen molar-refractivity contribution in [1.82, 2.24) is 15.2 Å². The van der Waals surface area contributed by atoms with E-state index < -0.39 is 29.3 Å². The van der Waals surface area contributed by atoms with Gasteiger partial charge in [0.1, 0.15) is 23.9 Å². The van der Waals surface area contributed by atoms with Crippen LogP contribution in [0.5, 0.6) is 11.5 Å². The number of ether oxygens (including phenoxy) is 3. The molecule has 0 aliphatic carbocycles. The molecule has 2 aromatic rings. The van der Waals surface area contributed by atoms with Gasteiger partial charge in [-0.1, -0.05) is 18.2 Å². The van der Waals surface area contributed by atoms with Crippen molar-refractivity contribution >= 4 is 17.6 Å². The van der Waals surface area contributed by atoms with E-state index in [4.69, 9.17) is 14.2 Å². The van der Waals surface area contributed by atoms with Crippen molar-refractivity contribution in [2.45, 2.75) is 38.8 Å². The first-order chi connectivity index (χ1) is 17.6. The average molecular weight is 515 g/mol. The first-order valence-electron chi connectivity index (χ1n) is 12.0. The summed E-state index contributed by atoms with van der Waals surface area (Å²) in [5, 5.41) is 8.75. The van der Waals surface area contributed by atoms with Gasteiger partial charge in [-0.2, -0.15) is 5.10 Å². The van der Waals surface area contributed by atoms with Crippen molar-refractivity contribution in [2.75, 3.05) is 41.0 Å². The number of urea groups is 1. The molecule has 3 amide bonds. The maximum atomic E-state index is 14.9. The highest BCUT2D eigenvalue weighted by molar-refractivity contribution is 6.05. The summed E-state index contributed by atoms with van der Waals surface area (Å²) in [6, 6.07) is 10.5. The highest BCUT2D eigenvalue weighted by Crippen LogP contribution is 2.37. The predicted octanol–water partition coefficient (Wildman–Crippen LogP) is 3.98. The topological polar surface area (TPSA) is 92.7 Å². The van der Waals surface area contributed by atoms with Crippen LogP contribution in [0.25, 0.3) is 0 Å². The van der Waals surface area contributed by atoms with Gasteiger partial charge in [0.2, 0.25) is 0 Å². The summed E-state index contributed by atoms with van der Waals surface area (Å²) in [6.07, 6.45) is 0.265. The Labute approximate surface area is 217 Å². The van der Waals surface area contributed by atoms with Gasteiger partial charge in [0.25, 0.3) is 5.91 Å². The summed E-state index contributed by atoms with van der Waals surface area (Å²) < 4.78 is 30.8. The molecular formula is C27H35FN4O5. The van der Waals surface area contributed by atoms with Crippen LogP contribution in [0.3, 0.4) is 0 Å². The lowest BCUT2D eigenvalue weighted by Gasteiger charge is -2.30. The molecule has 0 saturated carbocycles. The Bertz CT molecular complexity index is 1150. The number of nitrogens with one attached hydrogen (secondary N) is 1. The molecule has 0 bridgehead atoms. The van der Waals surface area contributed by atoms with Crippen molar-refractivity contribution in [2.24, 2.45) is 5.10 Å². The Morgan fingerprint density at radius 1 is 1.14 bits per heavy atom. The molecule has 0 radical (unpaired) electrons. The number of halogens is 1. The fourth-order valence-electron chi connectivity index (χ4n) is 4.02. The molecule has 1 aliphatic heterocycles. The van der Waals surface area contributed by atoms with Gasteiger partial charge in [0.05, 0.1) is 32.6 Å². The number of methoxy groups -OCH3 is 3. The highest BCUT2D eigenvalue weighted by Gasteiger charge is 2.36. The first kappa shape index (κ1) is 27.9. The van der Waals surface area contributed by atoms with Gasteiger partial charge in [-0.15, -0.1) is 0 Å². The monoisotopic (exact) mass is 514 g/mol. The third-order valence-corrected chi connectivity index (χ3v) is 5.81. The van der Waals surface area contributed by atoms with Crippen molar-refractivity contribution in [3.63, 3.8) is 0 Å². The maximum absolute atomic E-state index is 14.9. The zero-order chi connectivity index (χ0) is 27.2. The smallest absolute Gasteiger partial charge is 0.318 e. The van der Waals surface area contributed by atoms with E-state index in [1.807, 2.05) is 20.8 Å². The number of carbonyl (C=O) groups excluding carboxylic acids is 2. The summed E-state index contributed by atoms with van der Waals surface area (Å²) in [7, 11) is 4.61. The van der Waals surface area contributed by atoms with Gasteiger partial charge in [-0.25, -0.2) is 14.2 Å². The molecule has 10 heteroatoms. The van der Waals surface area contributed by atoms with Gasteiger partial charge in [0, 0.05) is 42.8 Å². The van der Waals surface area contributed by atoms with Crippen LogP contribution in [0.15, 0.2) is 47.6 Å². The maximum Gasteiger partial charge on any atom is 0.318 e. The standard InChI is InChI=1S/C27H35FN4O5/c1-27(2,3)29-26(34)31(13-14-35-4)17-25(33)32-23(19-9-7-8-10-21(19)28)16-22(30-32)20-12-11-18(36-5)15-24(20)37-6/h7-12,15,23H,13-14,16-17H2,1-6H3,(H,29,34). The molecule has 37 heavy (non-hydrogen) atoms. The van der Waals surface area contributed by atoms with E-state index >= 15 is 0 Å². The van der Waals surface area contributed by atoms with E-state index in [1.54, 1.807) is 43.5 Å². The average Bonchev–Trinajstić information content (AvgIpc) is 3.30. The fourth-order valence-corrected chi connectivity index (χ4v) is 4.02. The van der Waals surface area contributed by atoms with E-state index in [0.717, 1.165) is 0 Å². The van der Waals surface area contributed by atoms with E-state index in [2.05, 4.69) is 10.4 Å². The molecule has 1 aliphatic rings. The number of hydrogen-bond donors (Lipinski definition) is 1. The molecule has 3 rings (SSSR count). The molecule has 1 N–H and O–H groups in total. The first-order valence-corrected chi connectivity index (χ1v) is 12.0. The Hall–Kier alpha value is -3.66. The summed E-state index contributed by atoms with van der Waals surface area (Å²) in [5.41, 5.74) is 1.07. The minimum absolute atomic E-state index is 0.200. The Morgan fingerprint density at radius 3 is 2.49 bits per heavy atom. The number of benzene rings is 2. The summed E-state index contributed by atoms with van der Waals surface area (Å²) in [6.45, 7) is 5.76. The number of hydrogen-bond acceptors (Lipinski definition) is 6. The van der Waals surface area contributed by atoms with Crippen LogP contribution in [0.4, 0.5) is 9.18 Å². The quantitative estimate of drug-likeness (QED) is 0.547. The summed E-state index contributed by atoms with van der Waals surface area (Å²) in [5.74, 6) is 0.239. The number of carbonyl (C=O) groups is 2. The molecular weight excluding hydrogens is 479 g/mol. The lowest BCUT2D eigenvalue weighted by Crippen LogP contribution is -2.52. The molecule has 1 heterocycles. The van der Waals surface area contributed by atoms with Crippen molar-refractivity contribution in [3.05, 3.63) is 59.4 Å². The third kappa shape index (κ3) is 6.97. The van der Waals surface area contributed by atoms with Crippen LogP contribution >= 0.6 is 0 Å². The van der Waals surface area contributed by atoms with E-state index in [9.17, 15) is 14.0 Å². The van der Waals surface area contributed by atoms with E-state index in [1.165, 1.54) is 30.2 Å². The van der Waals surface area contributed by atoms with Crippen LogP contribution in [0.2, 0.25) is 0 Å². The van der Waals surface area contributed by atoms with Gasteiger partial charge in [0.15, 0.2) is 0 Å². The molecule has 0 fully saturated rings. The second-order valence-corrected chi connectivity index (χ2v) is 9.69. The van der Waals surface area contributed by atoms with Crippen LogP contribution in [0.1, 0.15) is 44.4 Å². The van der Waals surface area contributed by atoms with E-state index in [-0.39, 0.29) is 26.1 Å². The minimum Gasteiger partial charge on any atom is -0.497 e. The number of nitrogens with zero attached hydrogens (tertiary/aromatic N) is 3. The third-order valence-electron chi connectivity index (χ3n) is 5.81. The number of rotatable bonds is 9. The van der Waals surface area contributed by atoms with Crippen LogP contribution < -0.4 is 14.8 Å². The molecule has 0 spiro atoms. The SMILES string of the molecule is COCCN(CC(=O)N1N=C(c2ccc(OC)cc2OC)CC1c1ccccc1F)C(=O)NC(C)(C)C. The molecule has 0 aromatic heterocycles. The zero-order valence-electron chi connectivity index (χ0n) is 22.2. The Morgan fingerprint density at radius 2 is 1.86 bits per heavy atom. The van der Waals surface area contributed by atoms with Gasteiger partial charge < -0.3 is 24.4 Å². The number of amides is 3. The molecule has 2 aromatic carbocycles.